The lowest BCUT2D eigenvalue weighted by Crippen LogP contribution is -2.37. The Bertz CT molecular complexity index is 449. The van der Waals surface area contributed by atoms with E-state index in [4.69, 9.17) is 5.11 Å². The average Bonchev–Trinajstić information content (AvgIpc) is 2.63. The monoisotopic (exact) mass is 279 g/mol. The minimum Gasteiger partial charge on any atom is -0.394 e. The number of aliphatic hydroxyl groups excluding tert-OH is 1. The zero-order valence-electron chi connectivity index (χ0n) is 10.9. The van der Waals surface area contributed by atoms with Crippen molar-refractivity contribution in [3.8, 4) is 0 Å². The lowest BCUT2D eigenvalue weighted by atomic mass is 9.81. The number of halogens is 3. The fraction of sp³-hybridized carbons (Fsp3) is 0.727. The molecule has 1 aromatic heterocycles. The van der Waals surface area contributed by atoms with Crippen molar-refractivity contribution in [2.24, 2.45) is 5.41 Å². The second-order valence-electron chi connectivity index (χ2n) is 5.19. The largest absolute Gasteiger partial charge is 0.404 e. The lowest BCUT2D eigenvalue weighted by Gasteiger charge is -2.26. The van der Waals surface area contributed by atoms with Gasteiger partial charge in [0.25, 0.3) is 0 Å². The molecule has 1 atom stereocenters. The molecule has 1 aromatic rings. The maximum absolute atomic E-state index is 13.1. The molecule has 0 saturated heterocycles. The summed E-state index contributed by atoms with van der Waals surface area (Å²) in [6.45, 7) is 3.75. The first-order valence-electron chi connectivity index (χ1n) is 5.69. The fourth-order valence-corrected chi connectivity index (χ4v) is 1.64. The predicted octanol–water partition coefficient (Wildman–Crippen LogP) is 1.53. The minimum atomic E-state index is -4.72. The first-order valence-corrected chi connectivity index (χ1v) is 5.69. The van der Waals surface area contributed by atoms with Gasteiger partial charge in [-0.3, -0.25) is 4.79 Å². The third-order valence-corrected chi connectivity index (χ3v) is 2.58. The van der Waals surface area contributed by atoms with Crippen LogP contribution >= 0.6 is 0 Å². The standard InChI is InChI=1S/C11H16F3N3O2/c1-10(2,3)9(19)8(11(12,13)14)7-6-15-16-17(7)4-5-18/h6,8,18H,4-5H2,1-3H3. The highest BCUT2D eigenvalue weighted by Crippen LogP contribution is 2.39. The van der Waals surface area contributed by atoms with E-state index in [1.54, 1.807) is 0 Å². The van der Waals surface area contributed by atoms with E-state index >= 15 is 0 Å². The quantitative estimate of drug-likeness (QED) is 0.907. The summed E-state index contributed by atoms with van der Waals surface area (Å²) in [5.74, 6) is -3.24. The molecule has 0 aliphatic heterocycles. The second-order valence-corrected chi connectivity index (χ2v) is 5.19. The molecule has 0 aliphatic rings. The van der Waals surface area contributed by atoms with Gasteiger partial charge >= 0.3 is 6.18 Å². The van der Waals surface area contributed by atoms with Gasteiger partial charge in [-0.25, -0.2) is 4.68 Å². The third-order valence-electron chi connectivity index (χ3n) is 2.58. The molecule has 0 spiro atoms. The van der Waals surface area contributed by atoms with E-state index in [0.717, 1.165) is 10.9 Å². The van der Waals surface area contributed by atoms with Gasteiger partial charge in [0, 0.05) is 5.41 Å². The molecule has 8 heteroatoms. The second kappa shape index (κ2) is 5.28. The Kier molecular flexibility index (Phi) is 4.34. The normalized spacial score (nSPS) is 14.5. The SMILES string of the molecule is CC(C)(C)C(=O)C(c1cnnn1CCO)C(F)(F)F. The molecule has 1 rings (SSSR count). The molecule has 0 radical (unpaired) electrons. The number of carbonyl (C=O) groups excluding carboxylic acids is 1. The first-order chi connectivity index (χ1) is 8.59. The summed E-state index contributed by atoms with van der Waals surface area (Å²) >= 11 is 0. The smallest absolute Gasteiger partial charge is 0.394 e. The molecule has 0 bridgehead atoms. The van der Waals surface area contributed by atoms with Gasteiger partial charge in [0.1, 0.15) is 0 Å². The van der Waals surface area contributed by atoms with Gasteiger partial charge in [0.2, 0.25) is 0 Å². The summed E-state index contributed by atoms with van der Waals surface area (Å²) in [6, 6.07) is 0. The maximum atomic E-state index is 13.1. The van der Waals surface area contributed by atoms with E-state index in [0.29, 0.717) is 0 Å². The van der Waals surface area contributed by atoms with Crippen molar-refractivity contribution in [1.29, 1.82) is 0 Å². The number of aromatic nitrogens is 3. The summed E-state index contributed by atoms with van der Waals surface area (Å²) in [5.41, 5.74) is -1.49. The molecule has 5 nitrogen and oxygen atoms in total. The highest BCUT2D eigenvalue weighted by atomic mass is 19.4. The number of aliphatic hydroxyl groups is 1. The molecule has 0 saturated carbocycles. The van der Waals surface area contributed by atoms with Crippen LogP contribution in [0.2, 0.25) is 0 Å². The summed E-state index contributed by atoms with van der Waals surface area (Å²) in [7, 11) is 0. The van der Waals surface area contributed by atoms with Crippen LogP contribution in [-0.2, 0) is 11.3 Å². The minimum absolute atomic E-state index is 0.140. The number of carbonyl (C=O) groups is 1. The van der Waals surface area contributed by atoms with Crippen molar-refractivity contribution in [1.82, 2.24) is 15.0 Å². The Morgan fingerprint density at radius 1 is 1.42 bits per heavy atom. The molecule has 19 heavy (non-hydrogen) atoms. The van der Waals surface area contributed by atoms with Crippen LogP contribution < -0.4 is 0 Å². The Labute approximate surface area is 108 Å². The van der Waals surface area contributed by atoms with Crippen LogP contribution in [0.15, 0.2) is 6.20 Å². The Morgan fingerprint density at radius 2 is 2.00 bits per heavy atom. The summed E-state index contributed by atoms with van der Waals surface area (Å²) in [6.07, 6.45) is -3.81. The summed E-state index contributed by atoms with van der Waals surface area (Å²) in [5, 5.41) is 15.6. The zero-order valence-corrected chi connectivity index (χ0v) is 10.9. The van der Waals surface area contributed by atoms with Crippen LogP contribution in [0, 0.1) is 5.41 Å². The highest BCUT2D eigenvalue weighted by molar-refractivity contribution is 5.90. The molecule has 0 aromatic carbocycles. The molecule has 0 aliphatic carbocycles. The van der Waals surface area contributed by atoms with E-state index in [2.05, 4.69) is 10.3 Å². The van der Waals surface area contributed by atoms with E-state index in [1.807, 2.05) is 0 Å². The van der Waals surface area contributed by atoms with Crippen molar-refractivity contribution in [3.63, 3.8) is 0 Å². The third kappa shape index (κ3) is 3.52. The lowest BCUT2D eigenvalue weighted by molar-refractivity contribution is -0.169. The number of hydrogen-bond donors (Lipinski definition) is 1. The van der Waals surface area contributed by atoms with E-state index in [1.165, 1.54) is 20.8 Å². The van der Waals surface area contributed by atoms with Crippen LogP contribution in [0.3, 0.4) is 0 Å². The number of nitrogens with zero attached hydrogens (tertiary/aromatic N) is 3. The molecule has 1 heterocycles. The van der Waals surface area contributed by atoms with Crippen molar-refractivity contribution >= 4 is 5.78 Å². The van der Waals surface area contributed by atoms with Gasteiger partial charge in [-0.2, -0.15) is 13.2 Å². The van der Waals surface area contributed by atoms with Crippen LogP contribution in [0.5, 0.6) is 0 Å². The van der Waals surface area contributed by atoms with Crippen molar-refractivity contribution in [2.45, 2.75) is 39.4 Å². The maximum Gasteiger partial charge on any atom is 0.404 e. The number of alkyl halides is 3. The predicted molar refractivity (Wildman–Crippen MR) is 60.4 cm³/mol. The molecular formula is C11H16F3N3O2. The number of ketones is 1. The fourth-order valence-electron chi connectivity index (χ4n) is 1.64. The molecule has 0 fully saturated rings. The van der Waals surface area contributed by atoms with Gasteiger partial charge in [-0.15, -0.1) is 5.10 Å². The summed E-state index contributed by atoms with van der Waals surface area (Å²) < 4.78 is 40.3. The molecular weight excluding hydrogens is 263 g/mol. The van der Waals surface area contributed by atoms with Crippen LogP contribution in [0.1, 0.15) is 32.4 Å². The zero-order chi connectivity index (χ0) is 14.8. The molecule has 1 unspecified atom stereocenters. The number of hydrogen-bond acceptors (Lipinski definition) is 4. The first kappa shape index (κ1) is 15.6. The van der Waals surface area contributed by atoms with Crippen LogP contribution in [0.4, 0.5) is 13.2 Å². The van der Waals surface area contributed by atoms with E-state index in [9.17, 15) is 18.0 Å². The number of Topliss-reactive ketones (excluding diaryl/α,β-unsaturated/α-hetero) is 1. The van der Waals surface area contributed by atoms with Crippen LogP contribution in [-0.4, -0.2) is 38.7 Å². The van der Waals surface area contributed by atoms with E-state index in [-0.39, 0.29) is 18.8 Å². The number of rotatable bonds is 4. The van der Waals surface area contributed by atoms with Crippen LogP contribution in [0.25, 0.3) is 0 Å². The highest BCUT2D eigenvalue weighted by Gasteiger charge is 2.50. The average molecular weight is 279 g/mol. The topological polar surface area (TPSA) is 68.0 Å². The summed E-state index contributed by atoms with van der Waals surface area (Å²) in [4.78, 5) is 12.0. The molecule has 108 valence electrons. The molecule has 1 N–H and O–H groups in total. The van der Waals surface area contributed by atoms with Gasteiger partial charge in [0.05, 0.1) is 25.0 Å². The Morgan fingerprint density at radius 3 is 2.42 bits per heavy atom. The van der Waals surface area contributed by atoms with Crippen molar-refractivity contribution < 1.29 is 23.1 Å². The van der Waals surface area contributed by atoms with Gasteiger partial charge in [-0.05, 0) is 0 Å². The van der Waals surface area contributed by atoms with E-state index < -0.39 is 23.3 Å². The van der Waals surface area contributed by atoms with Crippen molar-refractivity contribution in [2.75, 3.05) is 6.61 Å². The Balaban J connectivity index is 3.26. The molecule has 0 amide bonds. The van der Waals surface area contributed by atoms with Gasteiger partial charge in [0.15, 0.2) is 11.7 Å². The van der Waals surface area contributed by atoms with Crippen molar-refractivity contribution in [3.05, 3.63) is 11.9 Å². The van der Waals surface area contributed by atoms with Gasteiger partial charge < -0.3 is 5.11 Å². The van der Waals surface area contributed by atoms with Gasteiger partial charge in [-0.1, -0.05) is 26.0 Å². The Hall–Kier alpha value is -1.44.